The van der Waals surface area contributed by atoms with Crippen molar-refractivity contribution >= 4 is 12.4 Å². The number of aromatic nitrogens is 2. The molecule has 1 fully saturated rings. The van der Waals surface area contributed by atoms with E-state index in [1.807, 2.05) is 19.9 Å². The zero-order valence-corrected chi connectivity index (χ0v) is 11.2. The van der Waals surface area contributed by atoms with E-state index < -0.39 is 0 Å². The highest BCUT2D eigenvalue weighted by atomic mass is 35.5. The van der Waals surface area contributed by atoms with E-state index in [9.17, 15) is 0 Å². The Morgan fingerprint density at radius 2 is 2.06 bits per heavy atom. The normalized spacial score (nSPS) is 19.5. The van der Waals surface area contributed by atoms with Crippen molar-refractivity contribution < 1.29 is 4.74 Å². The number of halogens is 1. The fraction of sp³-hybridized carbons (Fsp3) is 0.667. The Labute approximate surface area is 109 Å². The van der Waals surface area contributed by atoms with Crippen molar-refractivity contribution in [1.29, 1.82) is 0 Å². The quantitative estimate of drug-likeness (QED) is 0.899. The van der Waals surface area contributed by atoms with Crippen molar-refractivity contribution in [2.75, 3.05) is 19.7 Å². The Morgan fingerprint density at radius 3 is 2.65 bits per heavy atom. The smallest absolute Gasteiger partial charge is 0.316 e. The predicted octanol–water partition coefficient (Wildman–Crippen LogP) is 1.89. The summed E-state index contributed by atoms with van der Waals surface area (Å²) in [6.07, 6.45) is 2.47. The molecule has 0 aliphatic carbocycles. The third-order valence-electron chi connectivity index (χ3n) is 2.81. The topological polar surface area (TPSA) is 47.0 Å². The summed E-state index contributed by atoms with van der Waals surface area (Å²) in [5, 5.41) is 3.37. The molecule has 5 heteroatoms. The van der Waals surface area contributed by atoms with Gasteiger partial charge in [-0.2, -0.15) is 0 Å². The third-order valence-corrected chi connectivity index (χ3v) is 2.81. The van der Waals surface area contributed by atoms with Gasteiger partial charge in [0.15, 0.2) is 0 Å². The Hall–Kier alpha value is -0.870. The third kappa shape index (κ3) is 4.48. The summed E-state index contributed by atoms with van der Waals surface area (Å²) in [6.45, 7) is 6.82. The number of piperidine rings is 1. The van der Waals surface area contributed by atoms with Crippen molar-refractivity contribution in [2.24, 2.45) is 5.92 Å². The molecule has 2 rings (SSSR count). The van der Waals surface area contributed by atoms with E-state index in [4.69, 9.17) is 4.74 Å². The summed E-state index contributed by atoms with van der Waals surface area (Å²) in [5.74, 6) is 0.596. The maximum absolute atomic E-state index is 5.64. The van der Waals surface area contributed by atoms with Crippen molar-refractivity contribution in [3.8, 4) is 6.01 Å². The van der Waals surface area contributed by atoms with Crippen LogP contribution in [0.2, 0.25) is 0 Å². The number of rotatable bonds is 3. The Bertz CT molecular complexity index is 333. The molecule has 0 aromatic carbocycles. The molecule has 2 heterocycles. The number of nitrogens with one attached hydrogen (secondary N) is 1. The van der Waals surface area contributed by atoms with Crippen LogP contribution in [0.4, 0.5) is 0 Å². The highest BCUT2D eigenvalue weighted by Crippen LogP contribution is 2.12. The fourth-order valence-corrected chi connectivity index (χ4v) is 2.02. The molecule has 1 aromatic rings. The summed E-state index contributed by atoms with van der Waals surface area (Å²) in [5.41, 5.74) is 1.92. The van der Waals surface area contributed by atoms with Crippen LogP contribution in [0.3, 0.4) is 0 Å². The molecule has 17 heavy (non-hydrogen) atoms. The lowest BCUT2D eigenvalue weighted by atomic mass is 10.0. The molecule has 0 radical (unpaired) electrons. The van der Waals surface area contributed by atoms with Gasteiger partial charge < -0.3 is 10.1 Å². The lowest BCUT2D eigenvalue weighted by Gasteiger charge is -2.22. The van der Waals surface area contributed by atoms with E-state index >= 15 is 0 Å². The number of nitrogens with zero attached hydrogens (tertiary/aromatic N) is 2. The summed E-state index contributed by atoms with van der Waals surface area (Å²) < 4.78 is 5.64. The molecule has 1 saturated heterocycles. The molecule has 1 unspecified atom stereocenters. The van der Waals surface area contributed by atoms with Gasteiger partial charge in [-0.3, -0.25) is 0 Å². The standard InChI is InChI=1S/C12H19N3O.ClH/c1-9-6-10(2)15-12(14-9)16-8-11-4-3-5-13-7-11;/h6,11,13H,3-5,7-8H2,1-2H3;1H. The number of aryl methyl sites for hydroxylation is 2. The first kappa shape index (κ1) is 14.2. The molecule has 1 N–H and O–H groups in total. The average Bonchev–Trinajstić information content (AvgIpc) is 2.27. The largest absolute Gasteiger partial charge is 0.463 e. The number of ether oxygens (including phenoxy) is 1. The molecule has 1 atom stereocenters. The molecule has 4 nitrogen and oxygen atoms in total. The van der Waals surface area contributed by atoms with Crippen LogP contribution in [0.25, 0.3) is 0 Å². The number of hydrogen-bond donors (Lipinski definition) is 1. The van der Waals surface area contributed by atoms with Gasteiger partial charge in [-0.1, -0.05) is 0 Å². The van der Waals surface area contributed by atoms with Gasteiger partial charge in [0.05, 0.1) is 6.61 Å². The first-order valence-electron chi connectivity index (χ1n) is 5.90. The molecule has 1 aliphatic rings. The first-order chi connectivity index (χ1) is 7.74. The van der Waals surface area contributed by atoms with Gasteiger partial charge in [0, 0.05) is 23.9 Å². The van der Waals surface area contributed by atoms with Crippen LogP contribution in [0.5, 0.6) is 6.01 Å². The van der Waals surface area contributed by atoms with Crippen molar-refractivity contribution in [2.45, 2.75) is 26.7 Å². The predicted molar refractivity (Wildman–Crippen MR) is 69.8 cm³/mol. The molecule has 0 amide bonds. The molecule has 0 saturated carbocycles. The van der Waals surface area contributed by atoms with Crippen LogP contribution in [-0.2, 0) is 0 Å². The van der Waals surface area contributed by atoms with Crippen LogP contribution in [0, 0.1) is 19.8 Å². The Balaban J connectivity index is 0.00000144. The number of hydrogen-bond acceptors (Lipinski definition) is 4. The lowest BCUT2D eigenvalue weighted by Crippen LogP contribution is -2.33. The molecule has 96 valence electrons. The van der Waals surface area contributed by atoms with Gasteiger partial charge in [0.25, 0.3) is 0 Å². The zero-order valence-electron chi connectivity index (χ0n) is 10.4. The second kappa shape index (κ2) is 6.77. The van der Waals surface area contributed by atoms with Crippen molar-refractivity contribution in [3.63, 3.8) is 0 Å². The Morgan fingerprint density at radius 1 is 1.35 bits per heavy atom. The minimum Gasteiger partial charge on any atom is -0.463 e. The van der Waals surface area contributed by atoms with Gasteiger partial charge >= 0.3 is 6.01 Å². The van der Waals surface area contributed by atoms with Gasteiger partial charge in [0.1, 0.15) is 0 Å². The second-order valence-corrected chi connectivity index (χ2v) is 4.46. The summed E-state index contributed by atoms with van der Waals surface area (Å²) >= 11 is 0. The SMILES string of the molecule is Cc1cc(C)nc(OCC2CCCNC2)n1.Cl. The van der Waals surface area contributed by atoms with Gasteiger partial charge in [-0.15, -0.1) is 12.4 Å². The second-order valence-electron chi connectivity index (χ2n) is 4.46. The summed E-state index contributed by atoms with van der Waals surface area (Å²) in [7, 11) is 0. The zero-order chi connectivity index (χ0) is 11.4. The molecular formula is C12H20ClN3O. The first-order valence-corrected chi connectivity index (χ1v) is 5.90. The summed E-state index contributed by atoms with van der Waals surface area (Å²) in [6, 6.07) is 2.47. The average molecular weight is 258 g/mol. The summed E-state index contributed by atoms with van der Waals surface area (Å²) in [4.78, 5) is 8.53. The molecule has 1 aliphatic heterocycles. The molecule has 0 spiro atoms. The van der Waals surface area contributed by atoms with E-state index in [-0.39, 0.29) is 12.4 Å². The maximum atomic E-state index is 5.64. The highest BCUT2D eigenvalue weighted by molar-refractivity contribution is 5.85. The van der Waals surface area contributed by atoms with Crippen LogP contribution in [-0.4, -0.2) is 29.7 Å². The van der Waals surface area contributed by atoms with Crippen LogP contribution in [0.15, 0.2) is 6.07 Å². The maximum Gasteiger partial charge on any atom is 0.316 e. The van der Waals surface area contributed by atoms with E-state index in [1.54, 1.807) is 0 Å². The minimum atomic E-state index is 0. The van der Waals surface area contributed by atoms with Gasteiger partial charge in [-0.05, 0) is 39.3 Å². The molecule has 0 bridgehead atoms. The van der Waals surface area contributed by atoms with E-state index in [0.29, 0.717) is 11.9 Å². The monoisotopic (exact) mass is 257 g/mol. The minimum absolute atomic E-state index is 0. The highest BCUT2D eigenvalue weighted by Gasteiger charge is 2.14. The van der Waals surface area contributed by atoms with Crippen LogP contribution in [0.1, 0.15) is 24.2 Å². The lowest BCUT2D eigenvalue weighted by molar-refractivity contribution is 0.204. The van der Waals surface area contributed by atoms with Crippen LogP contribution < -0.4 is 10.1 Å². The van der Waals surface area contributed by atoms with E-state index in [2.05, 4.69) is 15.3 Å². The Kier molecular flexibility index (Phi) is 5.65. The van der Waals surface area contributed by atoms with E-state index in [0.717, 1.165) is 31.1 Å². The molecule has 1 aromatic heterocycles. The van der Waals surface area contributed by atoms with Crippen molar-refractivity contribution in [1.82, 2.24) is 15.3 Å². The van der Waals surface area contributed by atoms with E-state index in [1.165, 1.54) is 12.8 Å². The van der Waals surface area contributed by atoms with Crippen molar-refractivity contribution in [3.05, 3.63) is 17.5 Å². The van der Waals surface area contributed by atoms with Gasteiger partial charge in [0.2, 0.25) is 0 Å². The fourth-order valence-electron chi connectivity index (χ4n) is 2.02. The molecular weight excluding hydrogens is 238 g/mol. The van der Waals surface area contributed by atoms with Crippen LogP contribution >= 0.6 is 12.4 Å². The van der Waals surface area contributed by atoms with Gasteiger partial charge in [-0.25, -0.2) is 9.97 Å².